The minimum absolute atomic E-state index is 0.00846. The molecular formula is C56H41BN2OS2. The molecule has 0 saturated carbocycles. The number of anilines is 3. The first-order valence-electron chi connectivity index (χ1n) is 21.8. The third-order valence-electron chi connectivity index (χ3n) is 14.0. The maximum absolute atomic E-state index is 6.99. The Morgan fingerprint density at radius 1 is 0.500 bits per heavy atom. The molecule has 3 nitrogen and oxygen atoms in total. The first-order chi connectivity index (χ1) is 30.0. The van der Waals surface area contributed by atoms with E-state index < -0.39 is 0 Å². The Balaban J connectivity index is 1.21. The van der Waals surface area contributed by atoms with Crippen LogP contribution < -0.4 is 15.8 Å². The average Bonchev–Trinajstić information content (AvgIpc) is 4.02. The van der Waals surface area contributed by atoms with Crippen LogP contribution in [0.4, 0.5) is 17.1 Å². The summed E-state index contributed by atoms with van der Waals surface area (Å²) < 4.78 is 15.0. The maximum atomic E-state index is 6.99. The first-order valence-corrected chi connectivity index (χ1v) is 23.4. The summed E-state index contributed by atoms with van der Waals surface area (Å²) in [5, 5.41) is 10.2. The number of hydrogen-bond donors (Lipinski definition) is 0. The number of furan rings is 1. The van der Waals surface area contributed by atoms with E-state index in [9.17, 15) is 0 Å². The van der Waals surface area contributed by atoms with Gasteiger partial charge in [-0.15, -0.1) is 22.7 Å². The lowest BCUT2D eigenvalue weighted by Crippen LogP contribution is -2.56. The molecule has 4 aromatic heterocycles. The van der Waals surface area contributed by atoms with Crippen molar-refractivity contribution in [2.75, 3.05) is 4.90 Å². The number of thiophene rings is 2. The third kappa shape index (κ3) is 4.56. The van der Waals surface area contributed by atoms with Crippen LogP contribution in [0, 0.1) is 0 Å². The summed E-state index contributed by atoms with van der Waals surface area (Å²) in [5.74, 6) is 0. The largest absolute Gasteiger partial charge is 0.456 e. The number of aromatic nitrogens is 1. The quantitative estimate of drug-likeness (QED) is 0.154. The summed E-state index contributed by atoms with van der Waals surface area (Å²) in [7, 11) is 0. The standard InChI is InChI=1S/C56H41BN2OS2/c1-55(2,3)30-19-21-43-36(23-30)40-24-31(56(4,5)6)25-41-39-28-46-51(35-15-7-10-16-45(35)60-46)54-52(39)57(59(43)53(40)41)42-29-50-38(34-14-9-12-18-48(34)62-50)27-44(42)58(54)32-20-22-49-37(26-32)33-13-8-11-17-47(33)61-49/h7-29H,1-6H3. The van der Waals surface area contributed by atoms with Gasteiger partial charge in [-0.1, -0.05) is 102 Å². The summed E-state index contributed by atoms with van der Waals surface area (Å²) in [5.41, 5.74) is 15.8. The zero-order valence-corrected chi connectivity index (χ0v) is 37.1. The fourth-order valence-corrected chi connectivity index (χ4v) is 13.2. The predicted octanol–water partition coefficient (Wildman–Crippen LogP) is 15.4. The van der Waals surface area contributed by atoms with Crippen molar-refractivity contribution in [1.29, 1.82) is 0 Å². The van der Waals surface area contributed by atoms with Gasteiger partial charge in [0.15, 0.2) is 0 Å². The molecule has 12 aromatic rings. The molecule has 8 aromatic carbocycles. The Morgan fingerprint density at radius 3 is 1.92 bits per heavy atom. The SMILES string of the molecule is CC(C)(C)c1ccc2c(c1)c1cc(C(C)(C)C)cc3c1n2B1c2cc4sc5ccccc5c4cc2N(c2ccc4sc5ccccc5c4c2)c2c1c-3cc1oc3ccccc3c21. The summed E-state index contributed by atoms with van der Waals surface area (Å²) in [6, 6.07) is 53.3. The van der Waals surface area contributed by atoms with Gasteiger partial charge in [-0.25, -0.2) is 0 Å². The van der Waals surface area contributed by atoms with Crippen molar-refractivity contribution in [2.45, 2.75) is 52.4 Å². The van der Waals surface area contributed by atoms with Gasteiger partial charge >= 0.3 is 6.85 Å². The van der Waals surface area contributed by atoms with E-state index in [-0.39, 0.29) is 17.7 Å². The lowest BCUT2D eigenvalue weighted by Gasteiger charge is -2.41. The zero-order valence-electron chi connectivity index (χ0n) is 35.5. The zero-order chi connectivity index (χ0) is 41.6. The van der Waals surface area contributed by atoms with Crippen molar-refractivity contribution in [3.8, 4) is 11.1 Å². The number of benzene rings is 8. The second-order valence-electron chi connectivity index (χ2n) is 19.7. The molecule has 0 N–H and O–H groups in total. The first kappa shape index (κ1) is 35.3. The summed E-state index contributed by atoms with van der Waals surface area (Å²) >= 11 is 3.79. The molecular weight excluding hydrogens is 792 g/mol. The van der Waals surface area contributed by atoms with Gasteiger partial charge in [0.2, 0.25) is 0 Å². The van der Waals surface area contributed by atoms with E-state index in [0.29, 0.717) is 0 Å². The molecule has 14 rings (SSSR count). The number of fused-ring (bicyclic) bond motifs is 17. The van der Waals surface area contributed by atoms with Crippen LogP contribution in [0.2, 0.25) is 0 Å². The molecule has 2 aliphatic rings. The highest BCUT2D eigenvalue weighted by Gasteiger charge is 2.45. The third-order valence-corrected chi connectivity index (χ3v) is 16.3. The van der Waals surface area contributed by atoms with Gasteiger partial charge in [-0.05, 0) is 117 Å². The van der Waals surface area contributed by atoms with Crippen molar-refractivity contribution < 1.29 is 4.42 Å². The molecule has 2 aliphatic heterocycles. The minimum Gasteiger partial charge on any atom is -0.456 e. The second-order valence-corrected chi connectivity index (χ2v) is 21.9. The van der Waals surface area contributed by atoms with Crippen LogP contribution in [0.1, 0.15) is 52.7 Å². The fraction of sp³-hybridized carbons (Fsp3) is 0.143. The van der Waals surface area contributed by atoms with Crippen molar-refractivity contribution in [1.82, 2.24) is 4.48 Å². The monoisotopic (exact) mass is 832 g/mol. The summed E-state index contributed by atoms with van der Waals surface area (Å²) in [6.45, 7) is 14.0. The molecule has 0 amide bonds. The number of nitrogens with zero attached hydrogens (tertiary/aromatic N) is 2. The Bertz CT molecular complexity index is 3980. The smallest absolute Gasteiger partial charge is 0.333 e. The van der Waals surface area contributed by atoms with Gasteiger partial charge in [0, 0.05) is 84.5 Å². The Hall–Kier alpha value is -6.34. The van der Waals surface area contributed by atoms with Crippen LogP contribution in [0.15, 0.2) is 144 Å². The molecule has 6 heterocycles. The fourth-order valence-electron chi connectivity index (χ4n) is 11.0. The molecule has 296 valence electrons. The van der Waals surface area contributed by atoms with Crippen LogP contribution in [0.5, 0.6) is 0 Å². The molecule has 0 saturated heterocycles. The Morgan fingerprint density at radius 2 is 1.16 bits per heavy atom. The van der Waals surface area contributed by atoms with Crippen molar-refractivity contribution >= 4 is 142 Å². The molecule has 0 unspecified atom stereocenters. The van der Waals surface area contributed by atoms with Crippen LogP contribution in [-0.4, -0.2) is 11.3 Å². The van der Waals surface area contributed by atoms with Gasteiger partial charge in [-0.3, -0.25) is 0 Å². The van der Waals surface area contributed by atoms with Crippen LogP contribution >= 0.6 is 22.7 Å². The lowest BCUT2D eigenvalue weighted by molar-refractivity contribution is 0.590. The molecule has 0 spiro atoms. The maximum Gasteiger partial charge on any atom is 0.333 e. The predicted molar refractivity (Wildman–Crippen MR) is 270 cm³/mol. The lowest BCUT2D eigenvalue weighted by atomic mass is 9.45. The number of hydrogen-bond acceptors (Lipinski definition) is 4. The highest BCUT2D eigenvalue weighted by molar-refractivity contribution is 7.26. The van der Waals surface area contributed by atoms with E-state index in [2.05, 4.69) is 190 Å². The average molecular weight is 833 g/mol. The van der Waals surface area contributed by atoms with E-state index in [1.54, 1.807) is 0 Å². The van der Waals surface area contributed by atoms with Crippen molar-refractivity contribution in [3.05, 3.63) is 151 Å². The van der Waals surface area contributed by atoms with Gasteiger partial charge in [0.05, 0.1) is 11.1 Å². The normalized spacial score (nSPS) is 13.9. The molecule has 62 heavy (non-hydrogen) atoms. The Kier molecular flexibility index (Phi) is 6.70. The van der Waals surface area contributed by atoms with E-state index in [1.165, 1.54) is 112 Å². The summed E-state index contributed by atoms with van der Waals surface area (Å²) in [4.78, 5) is 2.62. The molecule has 0 bridgehead atoms. The number of rotatable bonds is 1. The van der Waals surface area contributed by atoms with Crippen molar-refractivity contribution in [3.63, 3.8) is 0 Å². The summed E-state index contributed by atoms with van der Waals surface area (Å²) in [6.07, 6.45) is 0. The molecule has 0 fully saturated rings. The topological polar surface area (TPSA) is 21.3 Å². The van der Waals surface area contributed by atoms with E-state index in [0.717, 1.165) is 22.2 Å². The minimum atomic E-state index is -0.0851. The van der Waals surface area contributed by atoms with E-state index in [1.807, 2.05) is 22.7 Å². The number of para-hydroxylation sites is 1. The van der Waals surface area contributed by atoms with Crippen LogP contribution in [-0.2, 0) is 10.8 Å². The van der Waals surface area contributed by atoms with Crippen LogP contribution in [0.25, 0.3) is 95.2 Å². The van der Waals surface area contributed by atoms with E-state index >= 15 is 0 Å². The molecule has 0 radical (unpaired) electrons. The van der Waals surface area contributed by atoms with Gasteiger partial charge in [-0.2, -0.15) is 0 Å². The van der Waals surface area contributed by atoms with E-state index in [4.69, 9.17) is 4.42 Å². The van der Waals surface area contributed by atoms with Gasteiger partial charge < -0.3 is 13.8 Å². The molecule has 6 heteroatoms. The second kappa shape index (κ2) is 11.8. The molecule has 0 aliphatic carbocycles. The van der Waals surface area contributed by atoms with Gasteiger partial charge in [0.25, 0.3) is 0 Å². The highest BCUT2D eigenvalue weighted by Crippen LogP contribution is 2.52. The Labute approximate surface area is 367 Å². The highest BCUT2D eigenvalue weighted by atomic mass is 32.1. The van der Waals surface area contributed by atoms with Gasteiger partial charge in [0.1, 0.15) is 11.2 Å². The molecule has 0 atom stereocenters. The van der Waals surface area contributed by atoms with Crippen LogP contribution in [0.3, 0.4) is 0 Å². The van der Waals surface area contributed by atoms with Crippen molar-refractivity contribution in [2.24, 2.45) is 0 Å².